The van der Waals surface area contributed by atoms with Crippen molar-refractivity contribution in [3.8, 4) is 0 Å². The number of urea groups is 1. The van der Waals surface area contributed by atoms with E-state index < -0.39 is 6.10 Å². The highest BCUT2D eigenvalue weighted by atomic mass is 16.3. The van der Waals surface area contributed by atoms with Crippen molar-refractivity contribution in [2.45, 2.75) is 32.3 Å². The van der Waals surface area contributed by atoms with E-state index in [4.69, 9.17) is 0 Å². The smallest absolute Gasteiger partial charge is 0.317 e. The van der Waals surface area contributed by atoms with E-state index in [1.807, 2.05) is 6.07 Å². The Morgan fingerprint density at radius 3 is 2.60 bits per heavy atom. The number of aliphatic hydroxyl groups excluding tert-OH is 1. The van der Waals surface area contributed by atoms with Gasteiger partial charge in [0.2, 0.25) is 0 Å². The van der Waals surface area contributed by atoms with E-state index in [2.05, 4.69) is 29.6 Å². The van der Waals surface area contributed by atoms with Gasteiger partial charge in [-0.25, -0.2) is 4.79 Å². The fourth-order valence-electron chi connectivity index (χ4n) is 2.50. The van der Waals surface area contributed by atoms with E-state index in [1.165, 1.54) is 23.3 Å². The lowest BCUT2D eigenvalue weighted by molar-refractivity contribution is 0.143. The highest BCUT2D eigenvalue weighted by molar-refractivity contribution is 5.73. The van der Waals surface area contributed by atoms with Gasteiger partial charge in [-0.15, -0.1) is 0 Å². The minimum Gasteiger partial charge on any atom is -0.392 e. The molecule has 0 bridgehead atoms. The summed E-state index contributed by atoms with van der Waals surface area (Å²) in [5, 5.41) is 12.3. The average molecular weight is 276 g/mol. The largest absolute Gasteiger partial charge is 0.392 e. The fourth-order valence-corrected chi connectivity index (χ4v) is 2.50. The molecule has 0 spiro atoms. The van der Waals surface area contributed by atoms with Crippen molar-refractivity contribution in [3.63, 3.8) is 0 Å². The van der Waals surface area contributed by atoms with Gasteiger partial charge in [0.25, 0.3) is 0 Å². The van der Waals surface area contributed by atoms with E-state index in [-0.39, 0.29) is 11.4 Å². The van der Waals surface area contributed by atoms with Crippen molar-refractivity contribution in [2.24, 2.45) is 5.41 Å². The van der Waals surface area contributed by atoms with Crippen LogP contribution < -0.4 is 5.32 Å². The molecule has 1 atom stereocenters. The molecule has 20 heavy (non-hydrogen) atoms. The molecule has 1 saturated carbocycles. The summed E-state index contributed by atoms with van der Waals surface area (Å²) < 4.78 is 0. The number of benzene rings is 1. The van der Waals surface area contributed by atoms with Crippen LogP contribution in [0.2, 0.25) is 0 Å². The third kappa shape index (κ3) is 4.23. The van der Waals surface area contributed by atoms with Crippen LogP contribution in [0.15, 0.2) is 30.3 Å². The van der Waals surface area contributed by atoms with Crippen LogP contribution in [-0.2, 0) is 6.42 Å². The predicted molar refractivity (Wildman–Crippen MR) is 79.5 cm³/mol. The SMILES string of the molecule is CC(O)CN(C)C(=O)NCC1(Cc2ccccc2)CC1. The number of hydrogen-bond donors (Lipinski definition) is 2. The molecule has 1 unspecified atom stereocenters. The van der Waals surface area contributed by atoms with Gasteiger partial charge in [0.15, 0.2) is 0 Å². The van der Waals surface area contributed by atoms with E-state index in [0.29, 0.717) is 13.1 Å². The second-order valence-corrected chi connectivity index (χ2v) is 6.05. The molecule has 2 N–H and O–H groups in total. The van der Waals surface area contributed by atoms with Crippen LogP contribution in [0.1, 0.15) is 25.3 Å². The maximum absolute atomic E-state index is 11.9. The quantitative estimate of drug-likeness (QED) is 0.835. The standard InChI is InChI=1S/C16H24N2O2/c1-13(19)11-18(2)15(20)17-12-16(8-9-16)10-14-6-4-3-5-7-14/h3-7,13,19H,8-12H2,1-2H3,(H,17,20). The van der Waals surface area contributed by atoms with Gasteiger partial charge in [-0.2, -0.15) is 0 Å². The Balaban J connectivity index is 1.80. The molecule has 1 aromatic rings. The zero-order chi connectivity index (χ0) is 14.6. The summed E-state index contributed by atoms with van der Waals surface area (Å²) in [5.41, 5.74) is 1.57. The first kappa shape index (κ1) is 14.9. The van der Waals surface area contributed by atoms with Crippen molar-refractivity contribution in [1.82, 2.24) is 10.2 Å². The number of hydrogen-bond acceptors (Lipinski definition) is 2. The Bertz CT molecular complexity index is 441. The van der Waals surface area contributed by atoms with Gasteiger partial charge in [-0.1, -0.05) is 30.3 Å². The summed E-state index contributed by atoms with van der Waals surface area (Å²) in [5.74, 6) is 0. The van der Waals surface area contributed by atoms with Crippen LogP contribution in [0.3, 0.4) is 0 Å². The molecular formula is C16H24N2O2. The lowest BCUT2D eigenvalue weighted by Crippen LogP contribution is -2.43. The van der Waals surface area contributed by atoms with Crippen LogP contribution in [0.5, 0.6) is 0 Å². The number of rotatable bonds is 6. The minimum atomic E-state index is -0.495. The summed E-state index contributed by atoms with van der Waals surface area (Å²) in [6, 6.07) is 10.3. The maximum atomic E-state index is 11.9. The van der Waals surface area contributed by atoms with Crippen LogP contribution in [-0.4, -0.2) is 42.3 Å². The van der Waals surface area contributed by atoms with Crippen molar-refractivity contribution >= 4 is 6.03 Å². The fraction of sp³-hybridized carbons (Fsp3) is 0.562. The van der Waals surface area contributed by atoms with E-state index in [0.717, 1.165) is 6.42 Å². The van der Waals surface area contributed by atoms with Crippen LogP contribution in [0.25, 0.3) is 0 Å². The number of carbonyl (C=O) groups is 1. The number of likely N-dealkylation sites (N-methyl/N-ethyl adjacent to an activating group) is 1. The molecule has 1 fully saturated rings. The number of nitrogens with one attached hydrogen (secondary N) is 1. The van der Waals surface area contributed by atoms with Gasteiger partial charge in [0.05, 0.1) is 6.10 Å². The van der Waals surface area contributed by atoms with Crippen molar-refractivity contribution in [3.05, 3.63) is 35.9 Å². The molecule has 4 nitrogen and oxygen atoms in total. The number of nitrogens with zero attached hydrogens (tertiary/aromatic N) is 1. The molecule has 2 rings (SSSR count). The third-order valence-corrected chi connectivity index (χ3v) is 3.88. The van der Waals surface area contributed by atoms with Crippen molar-refractivity contribution in [1.29, 1.82) is 0 Å². The Labute approximate surface area is 120 Å². The predicted octanol–water partition coefficient (Wildman–Crippen LogP) is 2.03. The summed E-state index contributed by atoms with van der Waals surface area (Å²) in [7, 11) is 1.71. The van der Waals surface area contributed by atoms with Gasteiger partial charge < -0.3 is 15.3 Å². The lowest BCUT2D eigenvalue weighted by Gasteiger charge is -2.22. The van der Waals surface area contributed by atoms with Crippen LogP contribution in [0, 0.1) is 5.41 Å². The highest BCUT2D eigenvalue weighted by Crippen LogP contribution is 2.47. The lowest BCUT2D eigenvalue weighted by atomic mass is 9.96. The first-order valence-electron chi connectivity index (χ1n) is 7.22. The highest BCUT2D eigenvalue weighted by Gasteiger charge is 2.42. The molecule has 110 valence electrons. The second kappa shape index (κ2) is 6.27. The first-order chi connectivity index (χ1) is 9.51. The van der Waals surface area contributed by atoms with Crippen LogP contribution >= 0.6 is 0 Å². The number of amides is 2. The van der Waals surface area contributed by atoms with E-state index >= 15 is 0 Å². The molecule has 1 aromatic carbocycles. The molecule has 0 saturated heterocycles. The van der Waals surface area contributed by atoms with E-state index in [1.54, 1.807) is 14.0 Å². The Morgan fingerprint density at radius 2 is 2.05 bits per heavy atom. The molecule has 2 amide bonds. The molecule has 1 aliphatic rings. The second-order valence-electron chi connectivity index (χ2n) is 6.05. The molecule has 0 aromatic heterocycles. The summed E-state index contributed by atoms with van der Waals surface area (Å²) in [4.78, 5) is 13.4. The monoisotopic (exact) mass is 276 g/mol. The van der Waals surface area contributed by atoms with Crippen molar-refractivity contribution < 1.29 is 9.90 Å². The topological polar surface area (TPSA) is 52.6 Å². The Morgan fingerprint density at radius 1 is 1.40 bits per heavy atom. The zero-order valence-electron chi connectivity index (χ0n) is 12.3. The number of carbonyl (C=O) groups excluding carboxylic acids is 1. The van der Waals surface area contributed by atoms with Gasteiger partial charge >= 0.3 is 6.03 Å². The molecular weight excluding hydrogens is 252 g/mol. The Hall–Kier alpha value is -1.55. The average Bonchev–Trinajstić information content (AvgIpc) is 3.16. The Kier molecular flexibility index (Phi) is 4.65. The molecule has 4 heteroatoms. The minimum absolute atomic E-state index is 0.106. The third-order valence-electron chi connectivity index (χ3n) is 3.88. The van der Waals surface area contributed by atoms with Crippen molar-refractivity contribution in [2.75, 3.05) is 20.1 Å². The van der Waals surface area contributed by atoms with Gasteiger partial charge in [-0.3, -0.25) is 0 Å². The normalized spacial score (nSPS) is 17.4. The summed E-state index contributed by atoms with van der Waals surface area (Å²) >= 11 is 0. The molecule has 0 radical (unpaired) electrons. The summed E-state index contributed by atoms with van der Waals surface area (Å²) in [6.07, 6.45) is 2.86. The zero-order valence-corrected chi connectivity index (χ0v) is 12.3. The first-order valence-corrected chi connectivity index (χ1v) is 7.22. The molecule has 0 heterocycles. The summed E-state index contributed by atoms with van der Waals surface area (Å²) in [6.45, 7) is 2.75. The number of aliphatic hydroxyl groups is 1. The van der Waals surface area contributed by atoms with Crippen LogP contribution in [0.4, 0.5) is 4.79 Å². The molecule has 1 aliphatic carbocycles. The van der Waals surface area contributed by atoms with Gasteiger partial charge in [0.1, 0.15) is 0 Å². The maximum Gasteiger partial charge on any atom is 0.317 e. The molecule has 0 aliphatic heterocycles. The van der Waals surface area contributed by atoms with E-state index in [9.17, 15) is 9.90 Å². The van der Waals surface area contributed by atoms with Gasteiger partial charge in [-0.05, 0) is 37.2 Å². The van der Waals surface area contributed by atoms with Gasteiger partial charge in [0, 0.05) is 20.1 Å².